The molecule has 0 aromatic heterocycles. The van der Waals surface area contributed by atoms with E-state index in [2.05, 4.69) is 26.6 Å². The molecule has 1 aliphatic rings. The van der Waals surface area contributed by atoms with Crippen molar-refractivity contribution < 1.29 is 9.53 Å². The van der Waals surface area contributed by atoms with Crippen LogP contribution in [-0.2, 0) is 4.79 Å². The zero-order valence-corrected chi connectivity index (χ0v) is 12.8. The predicted octanol–water partition coefficient (Wildman–Crippen LogP) is 2.35. The molecule has 1 saturated heterocycles. The SMILES string of the molecule is O=C(COc1ccc(Br)cc1Cl)NCC1CCCN1. The molecule has 6 heteroatoms. The van der Waals surface area contributed by atoms with Crippen LogP contribution in [0.25, 0.3) is 0 Å². The number of benzene rings is 1. The summed E-state index contributed by atoms with van der Waals surface area (Å²) in [5.41, 5.74) is 0. The maximum absolute atomic E-state index is 11.6. The molecule has 2 rings (SSSR count). The van der Waals surface area contributed by atoms with Crippen LogP contribution >= 0.6 is 27.5 Å². The van der Waals surface area contributed by atoms with Gasteiger partial charge in [0, 0.05) is 17.1 Å². The summed E-state index contributed by atoms with van der Waals surface area (Å²) in [5, 5.41) is 6.65. The minimum Gasteiger partial charge on any atom is -0.482 e. The van der Waals surface area contributed by atoms with Crippen LogP contribution in [0, 0.1) is 0 Å². The monoisotopic (exact) mass is 346 g/mol. The van der Waals surface area contributed by atoms with E-state index in [9.17, 15) is 4.79 Å². The minimum atomic E-state index is -0.132. The molecule has 1 aromatic rings. The summed E-state index contributed by atoms with van der Waals surface area (Å²) in [5.74, 6) is 0.381. The Hall–Kier alpha value is -0.780. The summed E-state index contributed by atoms with van der Waals surface area (Å²) >= 11 is 9.31. The highest BCUT2D eigenvalue weighted by molar-refractivity contribution is 9.10. The minimum absolute atomic E-state index is 0.0198. The van der Waals surface area contributed by atoms with Crippen LogP contribution in [-0.4, -0.2) is 31.6 Å². The molecule has 1 amide bonds. The predicted molar refractivity (Wildman–Crippen MR) is 78.7 cm³/mol. The van der Waals surface area contributed by atoms with Gasteiger partial charge in [0.1, 0.15) is 5.75 Å². The van der Waals surface area contributed by atoms with Crippen molar-refractivity contribution in [3.8, 4) is 5.75 Å². The Bertz CT molecular complexity index is 450. The lowest BCUT2D eigenvalue weighted by Crippen LogP contribution is -2.39. The molecule has 0 radical (unpaired) electrons. The normalized spacial score (nSPS) is 18.3. The first kappa shape index (κ1) is 14.6. The number of rotatable bonds is 5. The molecular formula is C13H16BrClN2O2. The first-order valence-corrected chi connectivity index (χ1v) is 7.40. The van der Waals surface area contributed by atoms with Gasteiger partial charge >= 0.3 is 0 Å². The first-order chi connectivity index (χ1) is 9.15. The van der Waals surface area contributed by atoms with E-state index in [-0.39, 0.29) is 12.5 Å². The summed E-state index contributed by atoms with van der Waals surface area (Å²) in [6, 6.07) is 5.68. The molecule has 0 aliphatic carbocycles. The Morgan fingerprint density at radius 3 is 3.11 bits per heavy atom. The lowest BCUT2D eigenvalue weighted by atomic mass is 10.2. The quantitative estimate of drug-likeness (QED) is 0.859. The molecule has 1 unspecified atom stereocenters. The summed E-state index contributed by atoms with van der Waals surface area (Å²) in [4.78, 5) is 11.6. The van der Waals surface area contributed by atoms with Crippen molar-refractivity contribution in [3.05, 3.63) is 27.7 Å². The molecule has 19 heavy (non-hydrogen) atoms. The average Bonchev–Trinajstić information content (AvgIpc) is 2.88. The molecule has 2 N–H and O–H groups in total. The maximum Gasteiger partial charge on any atom is 0.257 e. The van der Waals surface area contributed by atoms with Crippen molar-refractivity contribution in [1.29, 1.82) is 0 Å². The van der Waals surface area contributed by atoms with Gasteiger partial charge in [0.05, 0.1) is 5.02 Å². The second-order valence-corrected chi connectivity index (χ2v) is 5.78. The molecule has 4 nitrogen and oxygen atoms in total. The summed E-state index contributed by atoms with van der Waals surface area (Å²) in [7, 11) is 0. The lowest BCUT2D eigenvalue weighted by Gasteiger charge is -2.12. The Labute approximate surface area is 126 Å². The summed E-state index contributed by atoms with van der Waals surface area (Å²) < 4.78 is 6.26. The first-order valence-electron chi connectivity index (χ1n) is 6.23. The topological polar surface area (TPSA) is 50.4 Å². The van der Waals surface area contributed by atoms with E-state index < -0.39 is 0 Å². The number of ether oxygens (including phenoxy) is 1. The van der Waals surface area contributed by atoms with Gasteiger partial charge in [0.2, 0.25) is 0 Å². The van der Waals surface area contributed by atoms with Gasteiger partial charge in [-0.05, 0) is 37.6 Å². The maximum atomic E-state index is 11.6. The van der Waals surface area contributed by atoms with Gasteiger partial charge in [-0.3, -0.25) is 4.79 Å². The molecule has 1 aromatic carbocycles. The van der Waals surface area contributed by atoms with Crippen LogP contribution in [0.5, 0.6) is 5.75 Å². The van der Waals surface area contributed by atoms with Crippen molar-refractivity contribution >= 4 is 33.4 Å². The highest BCUT2D eigenvalue weighted by Crippen LogP contribution is 2.27. The largest absolute Gasteiger partial charge is 0.482 e. The molecule has 0 saturated carbocycles. The second kappa shape index (κ2) is 7.12. The van der Waals surface area contributed by atoms with Crippen LogP contribution in [0.4, 0.5) is 0 Å². The molecule has 0 spiro atoms. The van der Waals surface area contributed by atoms with Gasteiger partial charge in [-0.15, -0.1) is 0 Å². The number of nitrogens with one attached hydrogen (secondary N) is 2. The highest BCUT2D eigenvalue weighted by atomic mass is 79.9. The van der Waals surface area contributed by atoms with Crippen molar-refractivity contribution in [2.24, 2.45) is 0 Å². The van der Waals surface area contributed by atoms with E-state index in [0.717, 1.165) is 17.4 Å². The molecule has 1 atom stereocenters. The number of carbonyl (C=O) groups is 1. The van der Waals surface area contributed by atoms with Crippen LogP contribution in [0.1, 0.15) is 12.8 Å². The second-order valence-electron chi connectivity index (χ2n) is 4.46. The van der Waals surface area contributed by atoms with Gasteiger partial charge in [-0.1, -0.05) is 27.5 Å². The Kier molecular flexibility index (Phi) is 5.48. The lowest BCUT2D eigenvalue weighted by molar-refractivity contribution is -0.123. The van der Waals surface area contributed by atoms with Gasteiger partial charge in [0.25, 0.3) is 5.91 Å². The fraction of sp³-hybridized carbons (Fsp3) is 0.462. The molecule has 1 aliphatic heterocycles. The molecule has 1 heterocycles. The summed E-state index contributed by atoms with van der Waals surface area (Å²) in [6.07, 6.45) is 2.28. The van der Waals surface area contributed by atoms with Gasteiger partial charge in [-0.25, -0.2) is 0 Å². The van der Waals surface area contributed by atoms with E-state index in [0.29, 0.717) is 23.4 Å². The van der Waals surface area contributed by atoms with Crippen LogP contribution < -0.4 is 15.4 Å². The summed E-state index contributed by atoms with van der Waals surface area (Å²) in [6.45, 7) is 1.66. The third-order valence-corrected chi connectivity index (χ3v) is 3.75. The van der Waals surface area contributed by atoms with Gasteiger partial charge < -0.3 is 15.4 Å². The number of hydrogen-bond donors (Lipinski definition) is 2. The molecule has 0 bridgehead atoms. The smallest absolute Gasteiger partial charge is 0.257 e. The standard InChI is InChI=1S/C13H16BrClN2O2/c14-9-3-4-12(11(15)6-9)19-8-13(18)17-7-10-2-1-5-16-10/h3-4,6,10,16H,1-2,5,7-8H2,(H,17,18). The van der Waals surface area contributed by atoms with Crippen molar-refractivity contribution in [3.63, 3.8) is 0 Å². The van der Waals surface area contributed by atoms with Crippen LogP contribution in [0.15, 0.2) is 22.7 Å². The highest BCUT2D eigenvalue weighted by Gasteiger charge is 2.14. The molecule has 104 valence electrons. The third kappa shape index (κ3) is 4.67. The van der Waals surface area contributed by atoms with E-state index in [1.54, 1.807) is 12.1 Å². The van der Waals surface area contributed by atoms with Crippen LogP contribution in [0.2, 0.25) is 5.02 Å². The van der Waals surface area contributed by atoms with Crippen molar-refractivity contribution in [2.45, 2.75) is 18.9 Å². The number of carbonyl (C=O) groups excluding carboxylic acids is 1. The van der Waals surface area contributed by atoms with Crippen LogP contribution in [0.3, 0.4) is 0 Å². The fourth-order valence-corrected chi connectivity index (χ4v) is 2.68. The van der Waals surface area contributed by atoms with E-state index >= 15 is 0 Å². The molecule has 1 fully saturated rings. The third-order valence-electron chi connectivity index (χ3n) is 2.96. The Morgan fingerprint density at radius 1 is 1.58 bits per heavy atom. The number of hydrogen-bond acceptors (Lipinski definition) is 3. The Balaban J connectivity index is 1.73. The zero-order chi connectivity index (χ0) is 13.7. The van der Waals surface area contributed by atoms with Gasteiger partial charge in [0.15, 0.2) is 6.61 Å². The van der Waals surface area contributed by atoms with E-state index in [4.69, 9.17) is 16.3 Å². The van der Waals surface area contributed by atoms with Crippen molar-refractivity contribution in [1.82, 2.24) is 10.6 Å². The molecular weight excluding hydrogens is 332 g/mol. The zero-order valence-electron chi connectivity index (χ0n) is 10.4. The van der Waals surface area contributed by atoms with Crippen molar-refractivity contribution in [2.75, 3.05) is 19.7 Å². The average molecular weight is 348 g/mol. The Morgan fingerprint density at radius 2 is 2.42 bits per heavy atom. The number of halogens is 2. The van der Waals surface area contributed by atoms with E-state index in [1.807, 2.05) is 6.07 Å². The number of amides is 1. The van der Waals surface area contributed by atoms with Gasteiger partial charge in [-0.2, -0.15) is 0 Å². The van der Waals surface area contributed by atoms with E-state index in [1.165, 1.54) is 6.42 Å². The fourth-order valence-electron chi connectivity index (χ4n) is 1.95.